The number of carbonyl (C=O) groups excluding carboxylic acids is 1. The van der Waals surface area contributed by atoms with Gasteiger partial charge in [0.05, 0.1) is 25.7 Å². The van der Waals surface area contributed by atoms with Crippen LogP contribution in [-0.2, 0) is 9.63 Å². The Morgan fingerprint density at radius 3 is 2.75 bits per heavy atom. The van der Waals surface area contributed by atoms with Crippen LogP contribution in [0.25, 0.3) is 0 Å². The largest absolute Gasteiger partial charge is 0.395 e. The van der Waals surface area contributed by atoms with Gasteiger partial charge < -0.3 is 5.11 Å². The van der Waals surface area contributed by atoms with E-state index in [1.54, 1.807) is 0 Å². The van der Waals surface area contributed by atoms with Gasteiger partial charge in [-0.15, -0.1) is 0 Å². The molecule has 16 heavy (non-hydrogen) atoms. The molecule has 1 aliphatic rings. The van der Waals surface area contributed by atoms with E-state index in [0.29, 0.717) is 13.2 Å². The number of hydrogen-bond donors (Lipinski definition) is 1. The number of aliphatic hydroxyl groups is 1. The second-order valence-corrected chi connectivity index (χ2v) is 3.77. The molecule has 1 aromatic carbocycles. The molecule has 0 bridgehead atoms. The first-order valence-corrected chi connectivity index (χ1v) is 5.43. The van der Waals surface area contributed by atoms with E-state index in [1.807, 2.05) is 30.3 Å². The summed E-state index contributed by atoms with van der Waals surface area (Å²) in [6.45, 7) is 1.00. The van der Waals surface area contributed by atoms with Crippen molar-refractivity contribution in [1.82, 2.24) is 5.06 Å². The fourth-order valence-corrected chi connectivity index (χ4v) is 1.81. The van der Waals surface area contributed by atoms with Crippen LogP contribution in [0.2, 0.25) is 0 Å². The number of hydroxylamine groups is 2. The first-order chi connectivity index (χ1) is 7.83. The Morgan fingerprint density at radius 2 is 2.19 bits per heavy atom. The van der Waals surface area contributed by atoms with Crippen LogP contribution >= 0.6 is 0 Å². The lowest BCUT2D eigenvalue weighted by molar-refractivity contribution is -0.171. The van der Waals surface area contributed by atoms with Crippen LogP contribution in [-0.4, -0.2) is 35.8 Å². The van der Waals surface area contributed by atoms with Crippen molar-refractivity contribution in [3.8, 4) is 0 Å². The minimum absolute atomic E-state index is 0.161. The van der Waals surface area contributed by atoms with E-state index in [9.17, 15) is 9.90 Å². The van der Waals surface area contributed by atoms with Crippen molar-refractivity contribution >= 4 is 5.91 Å². The molecule has 1 fully saturated rings. The van der Waals surface area contributed by atoms with Crippen LogP contribution < -0.4 is 0 Å². The number of rotatable bonds is 3. The van der Waals surface area contributed by atoms with Gasteiger partial charge in [-0.25, -0.2) is 5.06 Å². The fourth-order valence-electron chi connectivity index (χ4n) is 1.81. The van der Waals surface area contributed by atoms with Crippen molar-refractivity contribution < 1.29 is 14.7 Å². The molecule has 86 valence electrons. The molecule has 1 atom stereocenters. The Kier molecular flexibility index (Phi) is 3.54. The minimum atomic E-state index is -0.515. The average Bonchev–Trinajstić information content (AvgIpc) is 2.85. The van der Waals surface area contributed by atoms with E-state index in [1.165, 1.54) is 5.06 Å². The third kappa shape index (κ3) is 2.23. The first-order valence-electron chi connectivity index (χ1n) is 5.43. The van der Waals surface area contributed by atoms with Gasteiger partial charge in [0.15, 0.2) is 0 Å². The van der Waals surface area contributed by atoms with E-state index >= 15 is 0 Å². The van der Waals surface area contributed by atoms with Crippen LogP contribution in [0.5, 0.6) is 0 Å². The lowest BCUT2D eigenvalue weighted by atomic mass is 9.99. The standard InChI is InChI=1S/C12H15NO3/c14-9-11(10-5-2-1-3-6-10)12(15)13-7-4-8-16-13/h1-3,5-6,11,14H,4,7-9H2. The molecule has 1 heterocycles. The molecule has 1 amide bonds. The molecule has 4 heteroatoms. The summed E-state index contributed by atoms with van der Waals surface area (Å²) in [4.78, 5) is 17.2. The van der Waals surface area contributed by atoms with Crippen LogP contribution in [0.15, 0.2) is 30.3 Å². The van der Waals surface area contributed by atoms with Crippen molar-refractivity contribution in [3.05, 3.63) is 35.9 Å². The van der Waals surface area contributed by atoms with Gasteiger partial charge >= 0.3 is 0 Å². The lowest BCUT2D eigenvalue weighted by Gasteiger charge is -2.20. The molecule has 1 saturated heterocycles. The lowest BCUT2D eigenvalue weighted by Crippen LogP contribution is -2.33. The zero-order chi connectivity index (χ0) is 11.4. The predicted octanol–water partition coefficient (Wildman–Crippen LogP) is 0.926. The van der Waals surface area contributed by atoms with E-state index in [2.05, 4.69) is 0 Å². The number of amides is 1. The fraction of sp³-hybridized carbons (Fsp3) is 0.417. The van der Waals surface area contributed by atoms with Gasteiger partial charge in [0.25, 0.3) is 5.91 Å². The zero-order valence-corrected chi connectivity index (χ0v) is 9.00. The van der Waals surface area contributed by atoms with E-state index < -0.39 is 5.92 Å². The Balaban J connectivity index is 2.13. The Hall–Kier alpha value is -1.39. The summed E-state index contributed by atoms with van der Waals surface area (Å²) in [6.07, 6.45) is 0.860. The van der Waals surface area contributed by atoms with Crippen molar-refractivity contribution in [2.75, 3.05) is 19.8 Å². The normalized spacial score (nSPS) is 17.4. The van der Waals surface area contributed by atoms with E-state index in [4.69, 9.17) is 4.84 Å². The molecular formula is C12H15NO3. The second-order valence-electron chi connectivity index (χ2n) is 3.77. The maximum atomic E-state index is 12.0. The Labute approximate surface area is 94.4 Å². The smallest absolute Gasteiger partial charge is 0.255 e. The molecule has 0 saturated carbocycles. The van der Waals surface area contributed by atoms with Crippen molar-refractivity contribution in [3.63, 3.8) is 0 Å². The molecule has 0 radical (unpaired) electrons. The quantitative estimate of drug-likeness (QED) is 0.826. The van der Waals surface area contributed by atoms with E-state index in [0.717, 1.165) is 12.0 Å². The molecule has 2 rings (SSSR count). The third-order valence-electron chi connectivity index (χ3n) is 2.68. The second kappa shape index (κ2) is 5.09. The third-order valence-corrected chi connectivity index (χ3v) is 2.68. The molecule has 1 N–H and O–H groups in total. The molecule has 0 aliphatic carbocycles. The van der Waals surface area contributed by atoms with Gasteiger partial charge in [-0.1, -0.05) is 30.3 Å². The molecule has 0 aromatic heterocycles. The SMILES string of the molecule is O=C(C(CO)c1ccccc1)N1CCCO1. The summed E-state index contributed by atoms with van der Waals surface area (Å²) < 4.78 is 0. The van der Waals surface area contributed by atoms with Crippen molar-refractivity contribution in [1.29, 1.82) is 0 Å². The number of carbonyl (C=O) groups is 1. The van der Waals surface area contributed by atoms with Crippen molar-refractivity contribution in [2.45, 2.75) is 12.3 Å². The summed E-state index contributed by atoms with van der Waals surface area (Å²) in [5.74, 6) is -0.675. The highest BCUT2D eigenvalue weighted by Gasteiger charge is 2.28. The Bertz CT molecular complexity index is 347. The predicted molar refractivity (Wildman–Crippen MR) is 58.6 cm³/mol. The van der Waals surface area contributed by atoms with E-state index in [-0.39, 0.29) is 12.5 Å². The molecule has 4 nitrogen and oxygen atoms in total. The van der Waals surface area contributed by atoms with Gasteiger partial charge in [-0.2, -0.15) is 0 Å². The summed E-state index contributed by atoms with van der Waals surface area (Å²) in [6, 6.07) is 9.28. The average molecular weight is 221 g/mol. The zero-order valence-electron chi connectivity index (χ0n) is 9.00. The maximum Gasteiger partial charge on any atom is 0.255 e. The molecule has 0 spiro atoms. The van der Waals surface area contributed by atoms with Crippen LogP contribution in [0.1, 0.15) is 17.9 Å². The number of benzene rings is 1. The summed E-state index contributed by atoms with van der Waals surface area (Å²) in [7, 11) is 0. The van der Waals surface area contributed by atoms with Gasteiger partial charge in [-0.05, 0) is 12.0 Å². The highest BCUT2D eigenvalue weighted by molar-refractivity contribution is 5.83. The Morgan fingerprint density at radius 1 is 1.44 bits per heavy atom. The first kappa shape index (κ1) is 11.1. The van der Waals surface area contributed by atoms with Gasteiger partial charge in [0, 0.05) is 0 Å². The summed E-state index contributed by atoms with van der Waals surface area (Å²) in [5.41, 5.74) is 0.825. The molecular weight excluding hydrogens is 206 g/mol. The number of hydrogen-bond acceptors (Lipinski definition) is 3. The number of aliphatic hydroxyl groups excluding tert-OH is 1. The highest BCUT2D eigenvalue weighted by atomic mass is 16.7. The van der Waals surface area contributed by atoms with Crippen LogP contribution in [0, 0.1) is 0 Å². The van der Waals surface area contributed by atoms with Gasteiger partial charge in [0.1, 0.15) is 0 Å². The van der Waals surface area contributed by atoms with Gasteiger partial charge in [0.2, 0.25) is 0 Å². The summed E-state index contributed by atoms with van der Waals surface area (Å²) >= 11 is 0. The topological polar surface area (TPSA) is 49.8 Å². The molecule has 1 aliphatic heterocycles. The maximum absolute atomic E-state index is 12.0. The monoisotopic (exact) mass is 221 g/mol. The summed E-state index contributed by atoms with van der Waals surface area (Å²) in [5, 5.41) is 10.7. The number of nitrogens with zero attached hydrogens (tertiary/aromatic N) is 1. The minimum Gasteiger partial charge on any atom is -0.395 e. The van der Waals surface area contributed by atoms with Crippen LogP contribution in [0.3, 0.4) is 0 Å². The van der Waals surface area contributed by atoms with Crippen LogP contribution in [0.4, 0.5) is 0 Å². The van der Waals surface area contributed by atoms with Crippen molar-refractivity contribution in [2.24, 2.45) is 0 Å². The molecule has 1 unspecified atom stereocenters. The highest BCUT2D eigenvalue weighted by Crippen LogP contribution is 2.20. The van der Waals surface area contributed by atoms with Gasteiger partial charge in [-0.3, -0.25) is 9.63 Å². The molecule has 1 aromatic rings.